The van der Waals surface area contributed by atoms with Crippen LogP contribution in [0.5, 0.6) is 0 Å². The van der Waals surface area contributed by atoms with E-state index >= 15 is 0 Å². The highest BCUT2D eigenvalue weighted by molar-refractivity contribution is 5.80. The molecule has 2 aromatic rings. The van der Waals surface area contributed by atoms with Gasteiger partial charge in [-0.1, -0.05) is 0 Å². The second-order valence-electron chi connectivity index (χ2n) is 3.02. The molecular formula is C10H12N2O. The standard InChI is InChI=1S/C10H12N2O/c1-3-11-8-4-7(2)10-9(5-8)12-6-13-10/h4-6,11H,3H2,1-2H3. The normalized spacial score (nSPS) is 10.6. The summed E-state index contributed by atoms with van der Waals surface area (Å²) in [5.74, 6) is 0. The molecule has 3 nitrogen and oxygen atoms in total. The van der Waals surface area contributed by atoms with Gasteiger partial charge in [0.25, 0.3) is 0 Å². The number of anilines is 1. The lowest BCUT2D eigenvalue weighted by Gasteiger charge is -2.03. The van der Waals surface area contributed by atoms with E-state index in [0.29, 0.717) is 0 Å². The highest BCUT2D eigenvalue weighted by atomic mass is 16.3. The lowest BCUT2D eigenvalue weighted by molar-refractivity contribution is 0.600. The van der Waals surface area contributed by atoms with Crippen molar-refractivity contribution in [1.29, 1.82) is 0 Å². The second-order valence-corrected chi connectivity index (χ2v) is 3.02. The topological polar surface area (TPSA) is 38.1 Å². The summed E-state index contributed by atoms with van der Waals surface area (Å²) in [6.07, 6.45) is 1.48. The molecule has 0 amide bonds. The number of hydrogen-bond acceptors (Lipinski definition) is 3. The Morgan fingerprint density at radius 3 is 3.08 bits per heavy atom. The van der Waals surface area contributed by atoms with Crippen LogP contribution in [0, 0.1) is 6.92 Å². The zero-order valence-electron chi connectivity index (χ0n) is 7.79. The molecule has 0 radical (unpaired) electrons. The molecule has 0 spiro atoms. The van der Waals surface area contributed by atoms with Gasteiger partial charge in [-0.3, -0.25) is 0 Å². The summed E-state index contributed by atoms with van der Waals surface area (Å²) >= 11 is 0. The first-order chi connectivity index (χ1) is 6.31. The molecule has 2 rings (SSSR count). The van der Waals surface area contributed by atoms with Crippen LogP contribution in [-0.4, -0.2) is 11.5 Å². The van der Waals surface area contributed by atoms with Crippen LogP contribution in [0.15, 0.2) is 22.9 Å². The Kier molecular flexibility index (Phi) is 1.93. The van der Waals surface area contributed by atoms with Crippen LogP contribution in [0.1, 0.15) is 12.5 Å². The summed E-state index contributed by atoms with van der Waals surface area (Å²) in [5.41, 5.74) is 4.00. The highest BCUT2D eigenvalue weighted by Gasteiger charge is 2.03. The zero-order chi connectivity index (χ0) is 9.26. The van der Waals surface area contributed by atoms with Gasteiger partial charge in [0, 0.05) is 12.2 Å². The summed E-state index contributed by atoms with van der Waals surface area (Å²) in [6.45, 7) is 5.01. The van der Waals surface area contributed by atoms with Crippen molar-refractivity contribution in [2.24, 2.45) is 0 Å². The molecule has 3 heteroatoms. The van der Waals surface area contributed by atoms with Crippen LogP contribution in [-0.2, 0) is 0 Å². The van der Waals surface area contributed by atoms with Gasteiger partial charge >= 0.3 is 0 Å². The van der Waals surface area contributed by atoms with Gasteiger partial charge in [0.15, 0.2) is 12.0 Å². The maximum Gasteiger partial charge on any atom is 0.181 e. The van der Waals surface area contributed by atoms with Gasteiger partial charge in [0.05, 0.1) is 0 Å². The largest absolute Gasteiger partial charge is 0.443 e. The van der Waals surface area contributed by atoms with Gasteiger partial charge in [-0.15, -0.1) is 0 Å². The first kappa shape index (κ1) is 8.10. The first-order valence-corrected chi connectivity index (χ1v) is 4.39. The van der Waals surface area contributed by atoms with E-state index in [9.17, 15) is 0 Å². The molecule has 1 N–H and O–H groups in total. The molecule has 0 aliphatic heterocycles. The molecule has 1 heterocycles. The minimum Gasteiger partial charge on any atom is -0.443 e. The first-order valence-electron chi connectivity index (χ1n) is 4.39. The van der Waals surface area contributed by atoms with Crippen LogP contribution in [0.3, 0.4) is 0 Å². The quantitative estimate of drug-likeness (QED) is 0.764. The molecule has 0 aliphatic carbocycles. The third-order valence-electron chi connectivity index (χ3n) is 2.00. The zero-order valence-corrected chi connectivity index (χ0v) is 7.79. The summed E-state index contributed by atoms with van der Waals surface area (Å²) in [7, 11) is 0. The van der Waals surface area contributed by atoms with Gasteiger partial charge in [-0.05, 0) is 31.5 Å². The van der Waals surface area contributed by atoms with E-state index in [1.807, 2.05) is 13.0 Å². The van der Waals surface area contributed by atoms with Gasteiger partial charge in [0.1, 0.15) is 5.52 Å². The van der Waals surface area contributed by atoms with Gasteiger partial charge in [-0.25, -0.2) is 4.98 Å². The molecule has 0 aliphatic rings. The molecular weight excluding hydrogens is 164 g/mol. The van der Waals surface area contributed by atoms with Gasteiger partial charge < -0.3 is 9.73 Å². The minimum absolute atomic E-state index is 0.877. The average Bonchev–Trinajstić information content (AvgIpc) is 2.53. The monoisotopic (exact) mass is 176 g/mol. The predicted octanol–water partition coefficient (Wildman–Crippen LogP) is 2.57. The summed E-state index contributed by atoms with van der Waals surface area (Å²) in [5, 5.41) is 3.25. The third-order valence-corrected chi connectivity index (χ3v) is 2.00. The summed E-state index contributed by atoms with van der Waals surface area (Å²) in [6, 6.07) is 4.06. The second kappa shape index (κ2) is 3.09. The summed E-state index contributed by atoms with van der Waals surface area (Å²) in [4.78, 5) is 4.12. The number of fused-ring (bicyclic) bond motifs is 1. The van der Waals surface area contributed by atoms with Crippen LogP contribution in [0.4, 0.5) is 5.69 Å². The van der Waals surface area contributed by atoms with Crippen molar-refractivity contribution in [2.45, 2.75) is 13.8 Å². The number of aromatic nitrogens is 1. The number of hydrogen-bond donors (Lipinski definition) is 1. The molecule has 1 aromatic carbocycles. The van der Waals surface area contributed by atoms with Crippen LogP contribution in [0.2, 0.25) is 0 Å². The molecule has 1 aromatic heterocycles. The molecule has 68 valence electrons. The summed E-state index contributed by atoms with van der Waals surface area (Å²) < 4.78 is 5.24. The van der Waals surface area contributed by atoms with Crippen molar-refractivity contribution < 1.29 is 4.42 Å². The molecule has 0 fully saturated rings. The van der Waals surface area contributed by atoms with E-state index in [2.05, 4.69) is 23.3 Å². The molecule has 0 saturated carbocycles. The lowest BCUT2D eigenvalue weighted by Crippen LogP contribution is -1.96. The Hall–Kier alpha value is -1.51. The van der Waals surface area contributed by atoms with E-state index in [1.54, 1.807) is 0 Å². The van der Waals surface area contributed by atoms with Crippen molar-refractivity contribution >= 4 is 16.8 Å². The van der Waals surface area contributed by atoms with Crippen LogP contribution < -0.4 is 5.32 Å². The molecule has 0 saturated heterocycles. The van der Waals surface area contributed by atoms with E-state index < -0.39 is 0 Å². The van der Waals surface area contributed by atoms with Crippen molar-refractivity contribution in [1.82, 2.24) is 4.98 Å². The van der Waals surface area contributed by atoms with E-state index in [-0.39, 0.29) is 0 Å². The van der Waals surface area contributed by atoms with E-state index in [0.717, 1.165) is 28.9 Å². The molecule has 0 unspecified atom stereocenters. The minimum atomic E-state index is 0.877. The Morgan fingerprint density at radius 1 is 1.46 bits per heavy atom. The maximum absolute atomic E-state index is 5.24. The number of benzene rings is 1. The third kappa shape index (κ3) is 1.37. The fraction of sp³-hybridized carbons (Fsp3) is 0.300. The Labute approximate surface area is 76.8 Å². The Balaban J connectivity index is 2.56. The molecule has 0 bridgehead atoms. The van der Waals surface area contributed by atoms with Gasteiger partial charge in [0.2, 0.25) is 0 Å². The highest BCUT2D eigenvalue weighted by Crippen LogP contribution is 2.21. The smallest absolute Gasteiger partial charge is 0.181 e. The lowest BCUT2D eigenvalue weighted by atomic mass is 10.2. The number of nitrogens with one attached hydrogen (secondary N) is 1. The Morgan fingerprint density at radius 2 is 2.31 bits per heavy atom. The van der Waals surface area contributed by atoms with Crippen LogP contribution >= 0.6 is 0 Å². The fourth-order valence-electron chi connectivity index (χ4n) is 1.45. The van der Waals surface area contributed by atoms with Crippen molar-refractivity contribution in [3.8, 4) is 0 Å². The molecule has 0 atom stereocenters. The van der Waals surface area contributed by atoms with Crippen molar-refractivity contribution in [3.05, 3.63) is 24.1 Å². The van der Waals surface area contributed by atoms with E-state index in [4.69, 9.17) is 4.42 Å². The SMILES string of the molecule is CCNc1cc(C)c2ocnc2c1. The Bertz CT molecular complexity index is 420. The van der Waals surface area contributed by atoms with Gasteiger partial charge in [-0.2, -0.15) is 0 Å². The maximum atomic E-state index is 5.24. The number of oxazole rings is 1. The number of nitrogens with zero attached hydrogens (tertiary/aromatic N) is 1. The molecule has 13 heavy (non-hydrogen) atoms. The van der Waals surface area contributed by atoms with E-state index in [1.165, 1.54) is 6.39 Å². The number of rotatable bonds is 2. The average molecular weight is 176 g/mol. The predicted molar refractivity (Wildman–Crippen MR) is 52.9 cm³/mol. The number of aryl methyl sites for hydroxylation is 1. The fourth-order valence-corrected chi connectivity index (χ4v) is 1.45. The van der Waals surface area contributed by atoms with Crippen LogP contribution in [0.25, 0.3) is 11.1 Å². The van der Waals surface area contributed by atoms with Crippen molar-refractivity contribution in [3.63, 3.8) is 0 Å². The van der Waals surface area contributed by atoms with Crippen molar-refractivity contribution in [2.75, 3.05) is 11.9 Å².